The van der Waals surface area contributed by atoms with Crippen molar-refractivity contribution < 1.29 is 17.9 Å². The number of nitrogens with one attached hydrogen (secondary N) is 1. The first-order valence-corrected chi connectivity index (χ1v) is 8.04. The Morgan fingerprint density at radius 3 is 2.71 bits per heavy atom. The zero-order valence-electron chi connectivity index (χ0n) is 11.6. The lowest BCUT2D eigenvalue weighted by molar-refractivity contribution is 0.260. The van der Waals surface area contributed by atoms with E-state index >= 15 is 0 Å². The van der Waals surface area contributed by atoms with E-state index in [1.807, 2.05) is 0 Å². The zero-order chi connectivity index (χ0) is 16.0. The summed E-state index contributed by atoms with van der Waals surface area (Å²) in [6.45, 7) is 3.05. The van der Waals surface area contributed by atoms with E-state index in [2.05, 4.69) is 11.9 Å². The largest absolute Gasteiger partial charge is 0.395 e. The van der Waals surface area contributed by atoms with E-state index in [1.165, 1.54) is 12.1 Å². The third-order valence-corrected chi connectivity index (χ3v) is 4.83. The van der Waals surface area contributed by atoms with Crippen molar-refractivity contribution in [2.24, 2.45) is 0 Å². The van der Waals surface area contributed by atoms with E-state index in [1.54, 1.807) is 7.05 Å². The Labute approximate surface area is 129 Å². The van der Waals surface area contributed by atoms with Crippen LogP contribution in [-0.4, -0.2) is 44.6 Å². The molecule has 21 heavy (non-hydrogen) atoms. The van der Waals surface area contributed by atoms with Gasteiger partial charge in [-0.05, 0) is 19.2 Å². The second-order valence-electron chi connectivity index (χ2n) is 4.28. The molecule has 0 amide bonds. The first-order valence-electron chi connectivity index (χ1n) is 6.22. The van der Waals surface area contributed by atoms with Gasteiger partial charge in [0, 0.05) is 30.2 Å². The van der Waals surface area contributed by atoms with Gasteiger partial charge in [0.05, 0.1) is 6.61 Å². The number of hydrogen-bond acceptors (Lipinski definition) is 4. The Bertz CT molecular complexity index is 608. The number of aliphatic hydroxyl groups is 1. The monoisotopic (exact) mass is 336 g/mol. The van der Waals surface area contributed by atoms with Gasteiger partial charge in [0.15, 0.2) is 0 Å². The minimum atomic E-state index is -4.10. The quantitative estimate of drug-likeness (QED) is 0.703. The minimum absolute atomic E-state index is 0.0315. The first-order chi connectivity index (χ1) is 9.88. The molecule has 1 aromatic rings. The highest BCUT2D eigenvalue weighted by molar-refractivity contribution is 7.89. The molecule has 0 saturated carbocycles. The molecule has 0 aliphatic carbocycles. The zero-order valence-corrected chi connectivity index (χ0v) is 13.2. The Morgan fingerprint density at radius 1 is 1.52 bits per heavy atom. The van der Waals surface area contributed by atoms with Gasteiger partial charge in [-0.2, -0.15) is 4.31 Å². The van der Waals surface area contributed by atoms with Gasteiger partial charge in [-0.25, -0.2) is 12.8 Å². The highest BCUT2D eigenvalue weighted by Gasteiger charge is 2.28. The topological polar surface area (TPSA) is 69.6 Å². The molecular formula is C13H18ClFN2O3S. The fourth-order valence-electron chi connectivity index (χ4n) is 1.83. The molecule has 0 atom stereocenters. The SMILES string of the molecule is C=CCN(CCO)S(=O)(=O)c1cc(Cl)cc(CNC)c1F. The normalized spacial score (nSPS) is 11.9. The number of nitrogens with zero attached hydrogens (tertiary/aromatic N) is 1. The molecule has 8 heteroatoms. The van der Waals surface area contributed by atoms with Crippen LogP contribution < -0.4 is 5.32 Å². The summed E-state index contributed by atoms with van der Waals surface area (Å²) >= 11 is 5.88. The molecule has 0 saturated heterocycles. The molecule has 1 rings (SSSR count). The van der Waals surface area contributed by atoms with E-state index < -0.39 is 20.7 Å². The van der Waals surface area contributed by atoms with Crippen LogP contribution in [0.4, 0.5) is 4.39 Å². The van der Waals surface area contributed by atoms with Crippen LogP contribution in [0.5, 0.6) is 0 Å². The van der Waals surface area contributed by atoms with E-state index in [4.69, 9.17) is 16.7 Å². The van der Waals surface area contributed by atoms with Crippen LogP contribution in [-0.2, 0) is 16.6 Å². The van der Waals surface area contributed by atoms with E-state index in [-0.39, 0.29) is 36.8 Å². The van der Waals surface area contributed by atoms with E-state index in [0.717, 1.165) is 10.4 Å². The maximum Gasteiger partial charge on any atom is 0.246 e. The van der Waals surface area contributed by atoms with Crippen LogP contribution in [0.15, 0.2) is 29.7 Å². The summed E-state index contributed by atoms with van der Waals surface area (Å²) in [6.07, 6.45) is 1.37. The summed E-state index contributed by atoms with van der Waals surface area (Å²) in [4.78, 5) is -0.504. The predicted molar refractivity (Wildman–Crippen MR) is 80.2 cm³/mol. The highest BCUT2D eigenvalue weighted by atomic mass is 35.5. The molecule has 0 heterocycles. The van der Waals surface area contributed by atoms with Gasteiger partial charge >= 0.3 is 0 Å². The van der Waals surface area contributed by atoms with Crippen molar-refractivity contribution in [3.05, 3.63) is 41.2 Å². The molecule has 1 aromatic carbocycles. The van der Waals surface area contributed by atoms with Crippen molar-refractivity contribution >= 4 is 21.6 Å². The Morgan fingerprint density at radius 2 is 2.19 bits per heavy atom. The second-order valence-corrected chi connectivity index (χ2v) is 6.63. The molecule has 0 aliphatic heterocycles. The molecular weight excluding hydrogens is 319 g/mol. The minimum Gasteiger partial charge on any atom is -0.395 e. The van der Waals surface area contributed by atoms with Gasteiger partial charge in [0.25, 0.3) is 0 Å². The molecule has 2 N–H and O–H groups in total. The smallest absolute Gasteiger partial charge is 0.246 e. The van der Waals surface area contributed by atoms with Crippen molar-refractivity contribution in [3.63, 3.8) is 0 Å². The summed E-state index contributed by atoms with van der Waals surface area (Å²) in [7, 11) is -2.49. The molecule has 0 unspecified atom stereocenters. The fourth-order valence-corrected chi connectivity index (χ4v) is 3.67. The summed E-state index contributed by atoms with van der Waals surface area (Å²) in [5.74, 6) is -0.847. The van der Waals surface area contributed by atoms with Gasteiger partial charge in [-0.3, -0.25) is 0 Å². The lowest BCUT2D eigenvalue weighted by Crippen LogP contribution is -2.34. The Kier molecular flexibility index (Phi) is 6.76. The van der Waals surface area contributed by atoms with Crippen molar-refractivity contribution in [1.82, 2.24) is 9.62 Å². The van der Waals surface area contributed by atoms with Crippen LogP contribution in [0, 0.1) is 5.82 Å². The molecule has 0 fully saturated rings. The van der Waals surface area contributed by atoms with E-state index in [0.29, 0.717) is 0 Å². The average molecular weight is 337 g/mol. The molecule has 118 valence electrons. The van der Waals surface area contributed by atoms with Crippen LogP contribution in [0.25, 0.3) is 0 Å². The predicted octanol–water partition coefficient (Wildman–Crippen LogP) is 1.37. The molecule has 0 bridgehead atoms. The number of benzene rings is 1. The third kappa shape index (κ3) is 4.24. The van der Waals surface area contributed by atoms with Crippen LogP contribution >= 0.6 is 11.6 Å². The molecule has 5 nitrogen and oxygen atoms in total. The summed E-state index contributed by atoms with van der Waals surface area (Å²) < 4.78 is 40.3. The summed E-state index contributed by atoms with van der Waals surface area (Å²) in [6, 6.07) is 2.44. The van der Waals surface area contributed by atoms with Crippen LogP contribution in [0.2, 0.25) is 5.02 Å². The van der Waals surface area contributed by atoms with Crippen molar-refractivity contribution in [1.29, 1.82) is 0 Å². The lowest BCUT2D eigenvalue weighted by Gasteiger charge is -2.21. The fraction of sp³-hybridized carbons (Fsp3) is 0.385. The van der Waals surface area contributed by atoms with Crippen molar-refractivity contribution in [2.75, 3.05) is 26.7 Å². The van der Waals surface area contributed by atoms with Crippen molar-refractivity contribution in [3.8, 4) is 0 Å². The standard InChI is InChI=1S/C13H18ClFN2O3S/c1-3-4-17(5-6-18)21(19,20)12-8-11(14)7-10(9-16-2)13(12)15/h3,7-8,16,18H,1,4-6,9H2,2H3. The third-order valence-electron chi connectivity index (χ3n) is 2.75. The first kappa shape index (κ1) is 18.1. The Balaban J connectivity index is 3.38. The van der Waals surface area contributed by atoms with Gasteiger partial charge in [-0.1, -0.05) is 17.7 Å². The number of halogens is 2. The Hall–Kier alpha value is -0.990. The molecule has 0 spiro atoms. The number of rotatable bonds is 8. The molecule has 0 aliphatic rings. The number of sulfonamides is 1. The maximum absolute atomic E-state index is 14.4. The van der Waals surface area contributed by atoms with Crippen molar-refractivity contribution in [2.45, 2.75) is 11.4 Å². The molecule has 0 radical (unpaired) electrons. The lowest BCUT2D eigenvalue weighted by atomic mass is 10.2. The van der Waals surface area contributed by atoms with Gasteiger partial charge in [0.1, 0.15) is 10.7 Å². The number of hydrogen-bond donors (Lipinski definition) is 2. The van der Waals surface area contributed by atoms with Crippen LogP contribution in [0.3, 0.4) is 0 Å². The highest BCUT2D eigenvalue weighted by Crippen LogP contribution is 2.26. The average Bonchev–Trinajstić information content (AvgIpc) is 2.42. The van der Waals surface area contributed by atoms with Crippen LogP contribution in [0.1, 0.15) is 5.56 Å². The van der Waals surface area contributed by atoms with E-state index in [9.17, 15) is 12.8 Å². The van der Waals surface area contributed by atoms with Gasteiger partial charge < -0.3 is 10.4 Å². The second kappa shape index (κ2) is 7.86. The maximum atomic E-state index is 14.4. The molecule has 0 aromatic heterocycles. The number of aliphatic hydroxyl groups excluding tert-OH is 1. The van der Waals surface area contributed by atoms with Gasteiger partial charge in [0.2, 0.25) is 10.0 Å². The summed E-state index contributed by atoms with van der Waals surface area (Å²) in [5.41, 5.74) is 0.158. The van der Waals surface area contributed by atoms with Gasteiger partial charge in [-0.15, -0.1) is 6.58 Å². The summed E-state index contributed by atoms with van der Waals surface area (Å²) in [5, 5.41) is 11.8.